The molecule has 2 unspecified atom stereocenters. The molecule has 1 rings (SSSR count). The van der Waals surface area contributed by atoms with Crippen molar-refractivity contribution in [2.45, 2.75) is 72.4 Å². The molecule has 0 aromatic carbocycles. The SMILES string of the molecule is CCNC1CCC(C)(C)CC1OCCC(C)C. The molecule has 2 atom stereocenters. The molecule has 2 heteroatoms. The summed E-state index contributed by atoms with van der Waals surface area (Å²) in [5.74, 6) is 0.740. The van der Waals surface area contributed by atoms with Gasteiger partial charge >= 0.3 is 0 Å². The Morgan fingerprint density at radius 1 is 1.35 bits per heavy atom. The number of nitrogens with one attached hydrogen (secondary N) is 1. The van der Waals surface area contributed by atoms with Crippen molar-refractivity contribution in [2.24, 2.45) is 11.3 Å². The van der Waals surface area contributed by atoms with Crippen LogP contribution in [-0.2, 0) is 4.74 Å². The van der Waals surface area contributed by atoms with E-state index >= 15 is 0 Å². The van der Waals surface area contributed by atoms with Crippen molar-refractivity contribution in [1.82, 2.24) is 5.32 Å². The molecule has 1 aliphatic carbocycles. The molecule has 0 spiro atoms. The van der Waals surface area contributed by atoms with Gasteiger partial charge in [0.15, 0.2) is 0 Å². The zero-order valence-corrected chi connectivity index (χ0v) is 12.4. The Bertz CT molecular complexity index is 213. The first-order valence-electron chi connectivity index (χ1n) is 7.29. The minimum Gasteiger partial charge on any atom is -0.377 e. The van der Waals surface area contributed by atoms with Crippen LogP contribution in [0.1, 0.15) is 60.3 Å². The number of hydrogen-bond acceptors (Lipinski definition) is 2. The first-order valence-corrected chi connectivity index (χ1v) is 7.29. The maximum Gasteiger partial charge on any atom is 0.0733 e. The molecule has 0 aromatic heterocycles. The van der Waals surface area contributed by atoms with Crippen LogP contribution in [0.4, 0.5) is 0 Å². The fourth-order valence-electron chi connectivity index (χ4n) is 2.65. The standard InChI is InChI=1S/C15H31NO/c1-6-16-13-7-9-15(4,5)11-14(13)17-10-8-12(2)3/h12-14,16H,6-11H2,1-5H3. The van der Waals surface area contributed by atoms with Gasteiger partial charge in [-0.3, -0.25) is 0 Å². The van der Waals surface area contributed by atoms with Crippen molar-refractivity contribution < 1.29 is 4.74 Å². The lowest BCUT2D eigenvalue weighted by molar-refractivity contribution is -0.0310. The number of likely N-dealkylation sites (N-methyl/N-ethyl adjacent to an activating group) is 1. The highest BCUT2D eigenvalue weighted by Crippen LogP contribution is 2.36. The van der Waals surface area contributed by atoms with Gasteiger partial charge in [-0.1, -0.05) is 34.6 Å². The second-order valence-electron chi connectivity index (χ2n) is 6.66. The lowest BCUT2D eigenvalue weighted by Gasteiger charge is -2.41. The molecule has 1 fully saturated rings. The molecule has 1 N–H and O–H groups in total. The lowest BCUT2D eigenvalue weighted by atomic mass is 9.74. The highest BCUT2D eigenvalue weighted by molar-refractivity contribution is 4.89. The van der Waals surface area contributed by atoms with E-state index in [1.807, 2.05) is 0 Å². The van der Waals surface area contributed by atoms with Gasteiger partial charge in [-0.05, 0) is 43.6 Å². The second kappa shape index (κ2) is 6.75. The van der Waals surface area contributed by atoms with Gasteiger partial charge in [0.05, 0.1) is 6.10 Å². The van der Waals surface area contributed by atoms with Crippen LogP contribution in [0.5, 0.6) is 0 Å². The summed E-state index contributed by atoms with van der Waals surface area (Å²) < 4.78 is 6.13. The monoisotopic (exact) mass is 241 g/mol. The summed E-state index contributed by atoms with van der Waals surface area (Å²) in [6, 6.07) is 0.570. The number of rotatable bonds is 6. The zero-order chi connectivity index (χ0) is 12.9. The van der Waals surface area contributed by atoms with Crippen molar-refractivity contribution in [3.8, 4) is 0 Å². The fraction of sp³-hybridized carbons (Fsp3) is 1.00. The van der Waals surface area contributed by atoms with Gasteiger partial charge in [0.25, 0.3) is 0 Å². The summed E-state index contributed by atoms with van der Waals surface area (Å²) in [5, 5.41) is 3.59. The Balaban J connectivity index is 2.43. The van der Waals surface area contributed by atoms with Crippen molar-refractivity contribution in [2.75, 3.05) is 13.2 Å². The van der Waals surface area contributed by atoms with Crippen LogP contribution in [0.15, 0.2) is 0 Å². The van der Waals surface area contributed by atoms with Crippen LogP contribution in [0.25, 0.3) is 0 Å². The van der Waals surface area contributed by atoms with E-state index in [1.165, 1.54) is 25.7 Å². The summed E-state index contributed by atoms with van der Waals surface area (Å²) >= 11 is 0. The van der Waals surface area contributed by atoms with E-state index in [9.17, 15) is 0 Å². The summed E-state index contributed by atoms with van der Waals surface area (Å²) in [4.78, 5) is 0. The van der Waals surface area contributed by atoms with Gasteiger partial charge in [-0.2, -0.15) is 0 Å². The molecule has 0 aliphatic heterocycles. The van der Waals surface area contributed by atoms with Gasteiger partial charge in [0.1, 0.15) is 0 Å². The van der Waals surface area contributed by atoms with E-state index in [0.29, 0.717) is 17.6 Å². The van der Waals surface area contributed by atoms with Crippen molar-refractivity contribution in [3.63, 3.8) is 0 Å². The average molecular weight is 241 g/mol. The minimum absolute atomic E-state index is 0.414. The molecule has 1 saturated carbocycles. The van der Waals surface area contributed by atoms with E-state index in [1.54, 1.807) is 0 Å². The molecule has 0 aromatic rings. The molecule has 0 bridgehead atoms. The Hall–Kier alpha value is -0.0800. The smallest absolute Gasteiger partial charge is 0.0733 e. The Kier molecular flexibility index (Phi) is 5.94. The quantitative estimate of drug-likeness (QED) is 0.767. The van der Waals surface area contributed by atoms with Gasteiger partial charge < -0.3 is 10.1 Å². The maximum absolute atomic E-state index is 6.13. The van der Waals surface area contributed by atoms with Gasteiger partial charge in [0.2, 0.25) is 0 Å². The van der Waals surface area contributed by atoms with Crippen molar-refractivity contribution in [1.29, 1.82) is 0 Å². The van der Waals surface area contributed by atoms with Crippen LogP contribution in [0.2, 0.25) is 0 Å². The predicted molar refractivity (Wildman–Crippen MR) is 74.3 cm³/mol. The topological polar surface area (TPSA) is 21.3 Å². The van der Waals surface area contributed by atoms with Crippen LogP contribution >= 0.6 is 0 Å². The normalized spacial score (nSPS) is 28.6. The van der Waals surface area contributed by atoms with E-state index in [2.05, 4.69) is 39.9 Å². The summed E-state index contributed by atoms with van der Waals surface area (Å²) in [6.07, 6.45) is 5.36. The Labute approximate surface area is 108 Å². The van der Waals surface area contributed by atoms with Crippen LogP contribution in [-0.4, -0.2) is 25.3 Å². The predicted octanol–water partition coefficient (Wildman–Crippen LogP) is 3.61. The van der Waals surface area contributed by atoms with Crippen LogP contribution in [0, 0.1) is 11.3 Å². The molecule has 0 heterocycles. The maximum atomic E-state index is 6.13. The second-order valence-corrected chi connectivity index (χ2v) is 6.66. The molecule has 0 saturated heterocycles. The van der Waals surface area contributed by atoms with E-state index < -0.39 is 0 Å². The van der Waals surface area contributed by atoms with Gasteiger partial charge in [-0.15, -0.1) is 0 Å². The van der Waals surface area contributed by atoms with Crippen LogP contribution in [0.3, 0.4) is 0 Å². The third-order valence-electron chi connectivity index (χ3n) is 3.83. The molecule has 102 valence electrons. The number of hydrogen-bond donors (Lipinski definition) is 1. The summed E-state index contributed by atoms with van der Waals surface area (Å²) in [5.41, 5.74) is 0.453. The molecule has 17 heavy (non-hydrogen) atoms. The summed E-state index contributed by atoms with van der Waals surface area (Å²) in [7, 11) is 0. The highest BCUT2D eigenvalue weighted by Gasteiger charge is 2.34. The molecular formula is C15H31NO. The third kappa shape index (κ3) is 5.39. The average Bonchev–Trinajstić information content (AvgIpc) is 2.21. The van der Waals surface area contributed by atoms with Crippen molar-refractivity contribution >= 4 is 0 Å². The van der Waals surface area contributed by atoms with Gasteiger partial charge in [0, 0.05) is 12.6 Å². The lowest BCUT2D eigenvalue weighted by Crippen LogP contribution is -2.47. The molecule has 0 radical (unpaired) electrons. The fourth-order valence-corrected chi connectivity index (χ4v) is 2.65. The molecular weight excluding hydrogens is 210 g/mol. The zero-order valence-electron chi connectivity index (χ0n) is 12.4. The highest BCUT2D eigenvalue weighted by atomic mass is 16.5. The molecule has 1 aliphatic rings. The van der Waals surface area contributed by atoms with E-state index in [0.717, 1.165) is 19.1 Å². The van der Waals surface area contributed by atoms with Gasteiger partial charge in [-0.25, -0.2) is 0 Å². The number of ether oxygens (including phenoxy) is 1. The summed E-state index contributed by atoms with van der Waals surface area (Å²) in [6.45, 7) is 13.4. The van der Waals surface area contributed by atoms with Crippen molar-refractivity contribution in [3.05, 3.63) is 0 Å². The third-order valence-corrected chi connectivity index (χ3v) is 3.83. The van der Waals surface area contributed by atoms with E-state index in [4.69, 9.17) is 4.74 Å². The Morgan fingerprint density at radius 3 is 2.65 bits per heavy atom. The molecule has 2 nitrogen and oxygen atoms in total. The largest absolute Gasteiger partial charge is 0.377 e. The first-order chi connectivity index (χ1) is 7.94. The molecule has 0 amide bonds. The van der Waals surface area contributed by atoms with E-state index in [-0.39, 0.29) is 0 Å². The Morgan fingerprint density at radius 2 is 2.06 bits per heavy atom. The van der Waals surface area contributed by atoms with Crippen LogP contribution < -0.4 is 5.32 Å². The first kappa shape index (κ1) is 15.0. The minimum atomic E-state index is 0.414.